The number of hydrogen-bond donors (Lipinski definition) is 1. The molecule has 1 fully saturated rings. The van der Waals surface area contributed by atoms with Crippen LogP contribution in [0.1, 0.15) is 31.7 Å². The summed E-state index contributed by atoms with van der Waals surface area (Å²) in [6, 6.07) is 7.61. The van der Waals surface area contributed by atoms with Gasteiger partial charge in [-0.2, -0.15) is 5.26 Å². The minimum Gasteiger partial charge on any atom is -0.479 e. The Labute approximate surface area is 120 Å². The van der Waals surface area contributed by atoms with Crippen LogP contribution in [0.5, 0.6) is 0 Å². The van der Waals surface area contributed by atoms with E-state index in [1.54, 1.807) is 6.07 Å². The number of rotatable bonds is 3. The number of carbonyl (C=O) groups is 1. The van der Waals surface area contributed by atoms with Gasteiger partial charge in [0, 0.05) is 11.0 Å². The van der Waals surface area contributed by atoms with E-state index >= 15 is 0 Å². The van der Waals surface area contributed by atoms with Gasteiger partial charge in [-0.1, -0.05) is 13.0 Å². The first kappa shape index (κ1) is 13.9. The fourth-order valence-corrected chi connectivity index (χ4v) is 3.26. The molecule has 1 aromatic carbocycles. The smallest absolute Gasteiger partial charge is 0.329 e. The van der Waals surface area contributed by atoms with E-state index in [1.807, 2.05) is 24.0 Å². The lowest BCUT2D eigenvalue weighted by Gasteiger charge is -2.36. The number of anilines is 1. The molecule has 2 rings (SSSR count). The zero-order valence-electron chi connectivity index (χ0n) is 10.7. The van der Waals surface area contributed by atoms with Crippen molar-refractivity contribution in [3.63, 3.8) is 0 Å². The number of nitriles is 1. The van der Waals surface area contributed by atoms with Crippen LogP contribution in [-0.4, -0.2) is 23.2 Å². The van der Waals surface area contributed by atoms with Crippen LogP contribution in [0.4, 0.5) is 5.69 Å². The highest BCUT2D eigenvalue weighted by molar-refractivity contribution is 9.10. The van der Waals surface area contributed by atoms with E-state index in [0.717, 1.165) is 6.42 Å². The van der Waals surface area contributed by atoms with E-state index in [4.69, 9.17) is 0 Å². The Balaban J connectivity index is 2.56. The molecule has 0 radical (unpaired) electrons. The van der Waals surface area contributed by atoms with Gasteiger partial charge in [-0.15, -0.1) is 0 Å². The Kier molecular flexibility index (Phi) is 3.81. The highest BCUT2D eigenvalue weighted by atomic mass is 79.9. The van der Waals surface area contributed by atoms with Crippen molar-refractivity contribution in [1.82, 2.24) is 0 Å². The summed E-state index contributed by atoms with van der Waals surface area (Å²) in [6.07, 6.45) is 1.98. The van der Waals surface area contributed by atoms with Crippen LogP contribution in [0.2, 0.25) is 0 Å². The molecule has 0 aliphatic carbocycles. The highest BCUT2D eigenvalue weighted by Crippen LogP contribution is 2.39. The molecule has 1 aromatic rings. The Morgan fingerprint density at radius 2 is 2.37 bits per heavy atom. The van der Waals surface area contributed by atoms with Crippen LogP contribution in [-0.2, 0) is 4.79 Å². The molecule has 0 amide bonds. The van der Waals surface area contributed by atoms with Crippen molar-refractivity contribution < 1.29 is 9.90 Å². The van der Waals surface area contributed by atoms with E-state index < -0.39 is 11.5 Å². The van der Waals surface area contributed by atoms with Crippen LogP contribution in [0.3, 0.4) is 0 Å². The average Bonchev–Trinajstić information content (AvgIpc) is 2.83. The fourth-order valence-electron chi connectivity index (χ4n) is 2.82. The quantitative estimate of drug-likeness (QED) is 0.928. The number of halogens is 1. The van der Waals surface area contributed by atoms with E-state index in [9.17, 15) is 15.2 Å². The lowest BCUT2D eigenvalue weighted by Crippen LogP contribution is -2.50. The van der Waals surface area contributed by atoms with Gasteiger partial charge in [-0.25, -0.2) is 4.79 Å². The van der Waals surface area contributed by atoms with Gasteiger partial charge in [0.25, 0.3) is 0 Å². The largest absolute Gasteiger partial charge is 0.479 e. The molecule has 5 heteroatoms. The van der Waals surface area contributed by atoms with Crippen LogP contribution in [0, 0.1) is 11.3 Å². The van der Waals surface area contributed by atoms with Gasteiger partial charge in [0.05, 0.1) is 11.3 Å². The van der Waals surface area contributed by atoms with Crippen molar-refractivity contribution in [2.45, 2.75) is 31.7 Å². The van der Waals surface area contributed by atoms with E-state index in [1.165, 1.54) is 0 Å². The first-order valence-electron chi connectivity index (χ1n) is 6.26. The third kappa shape index (κ3) is 2.10. The molecule has 19 heavy (non-hydrogen) atoms. The summed E-state index contributed by atoms with van der Waals surface area (Å²) < 4.78 is 0.704. The first-order valence-corrected chi connectivity index (χ1v) is 7.05. The van der Waals surface area contributed by atoms with E-state index in [2.05, 4.69) is 22.0 Å². The van der Waals surface area contributed by atoms with E-state index in [0.29, 0.717) is 35.1 Å². The van der Waals surface area contributed by atoms with Crippen molar-refractivity contribution in [1.29, 1.82) is 5.26 Å². The molecule has 1 N–H and O–H groups in total. The highest BCUT2D eigenvalue weighted by Gasteiger charge is 2.47. The number of carboxylic acid groups (broad SMARTS) is 1. The molecule has 0 bridgehead atoms. The second-order valence-electron chi connectivity index (χ2n) is 4.69. The number of aliphatic carboxylic acids is 1. The molecule has 0 spiro atoms. The molecular formula is C14H15BrN2O2. The molecule has 1 aliphatic heterocycles. The van der Waals surface area contributed by atoms with Gasteiger partial charge in [-0.05, 0) is 47.3 Å². The summed E-state index contributed by atoms with van der Waals surface area (Å²) in [7, 11) is 0. The molecular weight excluding hydrogens is 308 g/mol. The van der Waals surface area contributed by atoms with Crippen LogP contribution < -0.4 is 4.90 Å². The van der Waals surface area contributed by atoms with Gasteiger partial charge >= 0.3 is 5.97 Å². The zero-order chi connectivity index (χ0) is 14.0. The first-order chi connectivity index (χ1) is 9.06. The molecule has 1 saturated heterocycles. The van der Waals surface area contributed by atoms with Crippen molar-refractivity contribution in [3.05, 3.63) is 28.2 Å². The number of carboxylic acids is 1. The summed E-state index contributed by atoms with van der Waals surface area (Å²) in [6.45, 7) is 2.56. The fraction of sp³-hybridized carbons (Fsp3) is 0.429. The molecule has 100 valence electrons. The summed E-state index contributed by atoms with van der Waals surface area (Å²) in [5.74, 6) is -0.809. The third-order valence-corrected chi connectivity index (χ3v) is 4.53. The van der Waals surface area contributed by atoms with Gasteiger partial charge in [-0.3, -0.25) is 0 Å². The molecule has 1 atom stereocenters. The number of nitrogens with zero attached hydrogens (tertiary/aromatic N) is 2. The van der Waals surface area contributed by atoms with Crippen molar-refractivity contribution >= 4 is 27.6 Å². The SMILES string of the molecule is CCC1(C(=O)O)CCCN1c1cccc(Br)c1C#N. The number of benzene rings is 1. The predicted molar refractivity (Wildman–Crippen MR) is 76.1 cm³/mol. The van der Waals surface area contributed by atoms with Gasteiger partial charge in [0.2, 0.25) is 0 Å². The molecule has 0 aromatic heterocycles. The Bertz CT molecular complexity index is 553. The van der Waals surface area contributed by atoms with Crippen molar-refractivity contribution in [2.24, 2.45) is 0 Å². The second-order valence-corrected chi connectivity index (χ2v) is 5.55. The maximum atomic E-state index is 11.7. The van der Waals surface area contributed by atoms with Crippen LogP contribution >= 0.6 is 15.9 Å². The zero-order valence-corrected chi connectivity index (χ0v) is 12.3. The Morgan fingerprint density at radius 3 is 2.95 bits per heavy atom. The lowest BCUT2D eigenvalue weighted by atomic mass is 9.92. The maximum absolute atomic E-state index is 11.7. The van der Waals surface area contributed by atoms with Gasteiger partial charge in [0.1, 0.15) is 11.6 Å². The number of hydrogen-bond acceptors (Lipinski definition) is 3. The van der Waals surface area contributed by atoms with Gasteiger partial charge < -0.3 is 10.0 Å². The topological polar surface area (TPSA) is 64.3 Å². The van der Waals surface area contributed by atoms with Crippen molar-refractivity contribution in [3.8, 4) is 6.07 Å². The summed E-state index contributed by atoms with van der Waals surface area (Å²) in [5.41, 5.74) is 0.328. The summed E-state index contributed by atoms with van der Waals surface area (Å²) in [5, 5.41) is 18.9. The molecule has 0 saturated carbocycles. The second kappa shape index (κ2) is 5.22. The van der Waals surface area contributed by atoms with Crippen LogP contribution in [0.15, 0.2) is 22.7 Å². The minimum atomic E-state index is -0.883. The molecule has 1 aliphatic rings. The van der Waals surface area contributed by atoms with Crippen molar-refractivity contribution in [2.75, 3.05) is 11.4 Å². The molecule has 4 nitrogen and oxygen atoms in total. The monoisotopic (exact) mass is 322 g/mol. The minimum absolute atomic E-state index is 0.503. The predicted octanol–water partition coefficient (Wildman–Crippen LogP) is 3.15. The van der Waals surface area contributed by atoms with Crippen LogP contribution in [0.25, 0.3) is 0 Å². The normalized spacial score (nSPS) is 22.3. The average molecular weight is 323 g/mol. The van der Waals surface area contributed by atoms with E-state index in [-0.39, 0.29) is 0 Å². The summed E-state index contributed by atoms with van der Waals surface area (Å²) in [4.78, 5) is 13.6. The lowest BCUT2D eigenvalue weighted by molar-refractivity contribution is -0.143. The third-order valence-electron chi connectivity index (χ3n) is 3.87. The maximum Gasteiger partial charge on any atom is 0.329 e. The standard InChI is InChI=1S/C14H15BrN2O2/c1-2-14(13(18)19)7-4-8-17(14)12-6-3-5-11(15)10(12)9-16/h3,5-6H,2,4,7-8H2,1H3,(H,18,19). The summed E-state index contributed by atoms with van der Waals surface area (Å²) >= 11 is 3.35. The van der Waals surface area contributed by atoms with Gasteiger partial charge in [0.15, 0.2) is 0 Å². The Hall–Kier alpha value is -1.54. The Morgan fingerprint density at radius 1 is 1.63 bits per heavy atom. The molecule has 1 heterocycles. The molecule has 1 unspecified atom stereocenters.